The molecule has 142 valence electrons. The quantitative estimate of drug-likeness (QED) is 0.642. The van der Waals surface area contributed by atoms with Crippen molar-refractivity contribution in [2.75, 3.05) is 13.7 Å². The molecule has 0 spiro atoms. The van der Waals surface area contributed by atoms with E-state index in [1.165, 1.54) is 6.26 Å². The van der Waals surface area contributed by atoms with Crippen molar-refractivity contribution >= 4 is 21.6 Å². The van der Waals surface area contributed by atoms with Crippen LogP contribution in [0.15, 0.2) is 58.0 Å². The summed E-state index contributed by atoms with van der Waals surface area (Å²) in [5.41, 5.74) is 1.37. The van der Waals surface area contributed by atoms with Crippen molar-refractivity contribution in [3.05, 3.63) is 65.3 Å². The van der Waals surface area contributed by atoms with Crippen LogP contribution in [-0.2, 0) is 16.4 Å². The highest BCUT2D eigenvalue weighted by molar-refractivity contribution is 7.89. The molecule has 27 heavy (non-hydrogen) atoms. The van der Waals surface area contributed by atoms with Crippen LogP contribution in [0.25, 0.3) is 11.5 Å². The van der Waals surface area contributed by atoms with E-state index in [9.17, 15) is 12.8 Å². The lowest BCUT2D eigenvalue weighted by Gasteiger charge is -2.07. The summed E-state index contributed by atoms with van der Waals surface area (Å²) in [5, 5.41) is -0.175. The van der Waals surface area contributed by atoms with Gasteiger partial charge >= 0.3 is 0 Å². The summed E-state index contributed by atoms with van der Waals surface area (Å²) in [6, 6.07) is 10.3. The Labute approximate surface area is 161 Å². The van der Waals surface area contributed by atoms with E-state index in [0.29, 0.717) is 18.0 Å². The summed E-state index contributed by atoms with van der Waals surface area (Å²) in [6.45, 7) is 0.0879. The molecule has 1 N–H and O–H groups in total. The number of rotatable bonds is 7. The zero-order chi connectivity index (χ0) is 19.4. The third-order valence-electron chi connectivity index (χ3n) is 3.75. The molecule has 0 saturated heterocycles. The number of hydrogen-bond acceptors (Lipinski definition) is 5. The highest BCUT2D eigenvalue weighted by Gasteiger charge is 2.18. The molecule has 0 aliphatic carbocycles. The Bertz CT molecular complexity index is 1040. The average Bonchev–Trinajstić information content (AvgIpc) is 3.10. The molecule has 1 aromatic heterocycles. The normalized spacial score (nSPS) is 11.5. The summed E-state index contributed by atoms with van der Waals surface area (Å²) in [7, 11) is -2.27. The zero-order valence-electron chi connectivity index (χ0n) is 14.3. The lowest BCUT2D eigenvalue weighted by molar-refractivity contribution is 0.415. The van der Waals surface area contributed by atoms with Crippen molar-refractivity contribution in [1.29, 1.82) is 0 Å². The molecule has 0 atom stereocenters. The van der Waals surface area contributed by atoms with E-state index >= 15 is 0 Å². The van der Waals surface area contributed by atoms with Crippen LogP contribution in [0.1, 0.15) is 5.69 Å². The van der Waals surface area contributed by atoms with Gasteiger partial charge in [-0.15, -0.1) is 0 Å². The molecular formula is C18H16ClFN2O4S. The molecule has 0 amide bonds. The van der Waals surface area contributed by atoms with Crippen LogP contribution in [0.2, 0.25) is 5.02 Å². The largest absolute Gasteiger partial charge is 0.497 e. The van der Waals surface area contributed by atoms with Gasteiger partial charge < -0.3 is 9.15 Å². The van der Waals surface area contributed by atoms with E-state index in [4.69, 9.17) is 20.8 Å². The molecule has 3 aromatic rings. The first-order chi connectivity index (χ1) is 12.9. The van der Waals surface area contributed by atoms with Crippen molar-refractivity contribution in [1.82, 2.24) is 9.71 Å². The highest BCUT2D eigenvalue weighted by atomic mass is 35.5. The van der Waals surface area contributed by atoms with Gasteiger partial charge in [-0.3, -0.25) is 0 Å². The van der Waals surface area contributed by atoms with Crippen molar-refractivity contribution in [2.45, 2.75) is 11.3 Å². The van der Waals surface area contributed by atoms with Crippen molar-refractivity contribution < 1.29 is 22.0 Å². The number of nitrogens with zero attached hydrogens (tertiary/aromatic N) is 1. The Kier molecular flexibility index (Phi) is 5.79. The number of ether oxygens (including phenoxy) is 1. The maximum Gasteiger partial charge on any atom is 0.242 e. The van der Waals surface area contributed by atoms with Crippen LogP contribution in [0.5, 0.6) is 5.75 Å². The minimum Gasteiger partial charge on any atom is -0.497 e. The third kappa shape index (κ3) is 4.65. The molecule has 6 nitrogen and oxygen atoms in total. The van der Waals surface area contributed by atoms with E-state index in [1.54, 1.807) is 19.2 Å². The van der Waals surface area contributed by atoms with E-state index in [0.717, 1.165) is 29.5 Å². The van der Waals surface area contributed by atoms with Gasteiger partial charge in [-0.2, -0.15) is 0 Å². The smallest absolute Gasteiger partial charge is 0.242 e. The van der Waals surface area contributed by atoms with Crippen LogP contribution in [-0.4, -0.2) is 27.1 Å². The maximum absolute atomic E-state index is 13.1. The lowest BCUT2D eigenvalue weighted by Crippen LogP contribution is -2.26. The molecular weight excluding hydrogens is 395 g/mol. The number of hydrogen-bond donors (Lipinski definition) is 1. The summed E-state index contributed by atoms with van der Waals surface area (Å²) in [6.07, 6.45) is 1.79. The first kappa shape index (κ1) is 19.3. The molecule has 0 fully saturated rings. The third-order valence-corrected chi connectivity index (χ3v) is 5.69. The maximum atomic E-state index is 13.1. The fraction of sp³-hybridized carbons (Fsp3) is 0.167. The van der Waals surface area contributed by atoms with Crippen molar-refractivity contribution in [3.8, 4) is 17.2 Å². The first-order valence-corrected chi connectivity index (χ1v) is 9.79. The zero-order valence-corrected chi connectivity index (χ0v) is 15.8. The van der Waals surface area contributed by atoms with Gasteiger partial charge in [-0.1, -0.05) is 11.6 Å². The second-order valence-electron chi connectivity index (χ2n) is 5.60. The second kappa shape index (κ2) is 8.08. The van der Waals surface area contributed by atoms with Crippen molar-refractivity contribution in [3.63, 3.8) is 0 Å². The molecule has 0 aliphatic heterocycles. The molecule has 0 aliphatic rings. The van der Waals surface area contributed by atoms with Gasteiger partial charge in [0.2, 0.25) is 15.9 Å². The SMILES string of the molecule is COc1ccc(-c2nc(CCNS(=O)(=O)c3ccc(F)cc3Cl)co2)cc1. The van der Waals surface area contributed by atoms with Gasteiger partial charge in [0.05, 0.1) is 17.8 Å². The van der Waals surface area contributed by atoms with Crippen molar-refractivity contribution in [2.24, 2.45) is 0 Å². The molecule has 0 bridgehead atoms. The van der Waals surface area contributed by atoms with Gasteiger partial charge in [0, 0.05) is 18.5 Å². The Balaban J connectivity index is 1.63. The standard InChI is InChI=1S/C18H16ClFN2O4S/c1-25-15-5-2-12(3-6-15)18-22-14(11-26-18)8-9-21-27(23,24)17-7-4-13(20)10-16(17)19/h2-7,10-11,21H,8-9H2,1H3. The molecule has 3 rings (SSSR count). The Hall–Kier alpha value is -2.42. The molecule has 2 aromatic carbocycles. The highest BCUT2D eigenvalue weighted by Crippen LogP contribution is 2.23. The Morgan fingerprint density at radius 2 is 1.96 bits per heavy atom. The minimum atomic E-state index is -3.85. The Morgan fingerprint density at radius 1 is 1.22 bits per heavy atom. The van der Waals surface area contributed by atoms with Crippen LogP contribution < -0.4 is 9.46 Å². The number of aromatic nitrogens is 1. The van der Waals surface area contributed by atoms with Crippen LogP contribution in [0.3, 0.4) is 0 Å². The summed E-state index contributed by atoms with van der Waals surface area (Å²) >= 11 is 5.81. The molecule has 1 heterocycles. The van der Waals surface area contributed by atoms with Gasteiger partial charge in [0.1, 0.15) is 22.7 Å². The Morgan fingerprint density at radius 3 is 2.63 bits per heavy atom. The molecule has 9 heteroatoms. The predicted octanol–water partition coefficient (Wildman–Crippen LogP) is 3.66. The van der Waals surface area contributed by atoms with Gasteiger partial charge in [-0.25, -0.2) is 22.5 Å². The van der Waals surface area contributed by atoms with E-state index in [2.05, 4.69) is 9.71 Å². The number of sulfonamides is 1. The van der Waals surface area contributed by atoms with E-state index in [-0.39, 0.29) is 16.5 Å². The first-order valence-electron chi connectivity index (χ1n) is 7.92. The summed E-state index contributed by atoms with van der Waals surface area (Å²) < 4.78 is 50.6. The monoisotopic (exact) mass is 410 g/mol. The van der Waals surface area contributed by atoms with E-state index < -0.39 is 15.8 Å². The fourth-order valence-corrected chi connectivity index (χ4v) is 3.93. The second-order valence-corrected chi connectivity index (χ2v) is 7.74. The number of methoxy groups -OCH3 is 1. The summed E-state index contributed by atoms with van der Waals surface area (Å²) in [4.78, 5) is 4.16. The summed E-state index contributed by atoms with van der Waals surface area (Å²) in [5.74, 6) is 0.545. The number of oxazole rings is 1. The van der Waals surface area contributed by atoms with Crippen LogP contribution in [0.4, 0.5) is 4.39 Å². The van der Waals surface area contributed by atoms with Gasteiger partial charge in [0.25, 0.3) is 0 Å². The molecule has 0 unspecified atom stereocenters. The topological polar surface area (TPSA) is 81.4 Å². The lowest BCUT2D eigenvalue weighted by atomic mass is 10.2. The van der Waals surface area contributed by atoms with Crippen LogP contribution in [0, 0.1) is 5.82 Å². The number of halogens is 2. The minimum absolute atomic E-state index is 0.0879. The number of nitrogens with one attached hydrogen (secondary N) is 1. The fourth-order valence-electron chi connectivity index (χ4n) is 2.37. The molecule has 0 radical (unpaired) electrons. The predicted molar refractivity (Wildman–Crippen MR) is 98.8 cm³/mol. The molecule has 0 saturated carbocycles. The van der Waals surface area contributed by atoms with Gasteiger partial charge in [-0.05, 0) is 42.5 Å². The van der Waals surface area contributed by atoms with Gasteiger partial charge in [0.15, 0.2) is 0 Å². The number of benzene rings is 2. The van der Waals surface area contributed by atoms with Crippen LogP contribution >= 0.6 is 11.6 Å². The van der Waals surface area contributed by atoms with E-state index in [1.807, 2.05) is 12.1 Å². The average molecular weight is 411 g/mol.